The third kappa shape index (κ3) is 3.42. The molecule has 0 bridgehead atoms. The van der Waals surface area contributed by atoms with Crippen molar-refractivity contribution in [2.24, 2.45) is 5.92 Å². The molecule has 1 fully saturated rings. The third-order valence-electron chi connectivity index (χ3n) is 5.80. The quantitative estimate of drug-likeness (QED) is 0.703. The van der Waals surface area contributed by atoms with E-state index in [4.69, 9.17) is 4.74 Å². The van der Waals surface area contributed by atoms with E-state index in [1.54, 1.807) is 13.2 Å². The highest BCUT2D eigenvalue weighted by atomic mass is 19.1. The number of rotatable bonds is 4. The van der Waals surface area contributed by atoms with Crippen LogP contribution in [0.1, 0.15) is 40.6 Å². The predicted octanol–water partition coefficient (Wildman–Crippen LogP) is 4.86. The van der Waals surface area contributed by atoms with Gasteiger partial charge < -0.3 is 14.6 Å². The highest BCUT2D eigenvalue weighted by molar-refractivity contribution is 6.08. The first kappa shape index (κ1) is 18.7. The summed E-state index contributed by atoms with van der Waals surface area (Å²) in [6.45, 7) is 3.23. The highest BCUT2D eigenvalue weighted by Gasteiger charge is 2.31. The molecule has 0 spiro atoms. The molecular formula is C23H25FN2O2. The van der Waals surface area contributed by atoms with Crippen LogP contribution in [0.15, 0.2) is 48.5 Å². The first-order valence-corrected chi connectivity index (χ1v) is 9.73. The molecule has 1 aliphatic heterocycles. The van der Waals surface area contributed by atoms with Gasteiger partial charge in [0.2, 0.25) is 0 Å². The lowest BCUT2D eigenvalue weighted by atomic mass is 9.87. The second-order valence-corrected chi connectivity index (χ2v) is 7.51. The molecule has 1 amide bonds. The van der Waals surface area contributed by atoms with E-state index in [2.05, 4.69) is 17.1 Å². The number of benzene rings is 2. The Morgan fingerprint density at radius 2 is 1.89 bits per heavy atom. The van der Waals surface area contributed by atoms with Crippen molar-refractivity contribution in [1.29, 1.82) is 0 Å². The third-order valence-corrected chi connectivity index (χ3v) is 5.80. The monoisotopic (exact) mass is 380 g/mol. The molecule has 1 aliphatic rings. The zero-order valence-corrected chi connectivity index (χ0v) is 16.2. The molecule has 28 heavy (non-hydrogen) atoms. The number of hydrogen-bond acceptors (Lipinski definition) is 2. The van der Waals surface area contributed by atoms with Gasteiger partial charge in [-0.05, 0) is 49.4 Å². The number of fused-ring (bicyclic) bond motifs is 1. The lowest BCUT2D eigenvalue weighted by molar-refractivity contribution is 0.0195. The SMILES string of the molecule is COC(c1ccccc1)C1CCN(C(=O)c2c(C)[nH]c3ccc(F)cc23)CC1. The minimum atomic E-state index is -0.329. The summed E-state index contributed by atoms with van der Waals surface area (Å²) in [6, 6.07) is 14.8. The Kier molecular flexibility index (Phi) is 5.18. The molecule has 0 aliphatic carbocycles. The number of nitrogens with zero attached hydrogens (tertiary/aromatic N) is 1. The number of H-pyrrole nitrogens is 1. The number of nitrogens with one attached hydrogen (secondary N) is 1. The van der Waals surface area contributed by atoms with E-state index in [0.29, 0.717) is 30.0 Å². The molecule has 1 aromatic heterocycles. The highest BCUT2D eigenvalue weighted by Crippen LogP contribution is 2.34. The Morgan fingerprint density at radius 1 is 1.18 bits per heavy atom. The summed E-state index contributed by atoms with van der Waals surface area (Å²) >= 11 is 0. The fourth-order valence-electron chi connectivity index (χ4n) is 4.38. The molecule has 3 aromatic rings. The number of piperidine rings is 1. The zero-order chi connectivity index (χ0) is 19.7. The van der Waals surface area contributed by atoms with Crippen LogP contribution in [0.2, 0.25) is 0 Å². The Bertz CT molecular complexity index is 975. The average Bonchev–Trinajstić information content (AvgIpc) is 3.04. The van der Waals surface area contributed by atoms with Crippen LogP contribution < -0.4 is 0 Å². The Morgan fingerprint density at radius 3 is 2.57 bits per heavy atom. The molecule has 4 nitrogen and oxygen atoms in total. The number of ether oxygens (including phenoxy) is 1. The lowest BCUT2D eigenvalue weighted by Crippen LogP contribution is -2.40. The van der Waals surface area contributed by atoms with Gasteiger partial charge >= 0.3 is 0 Å². The number of hydrogen-bond donors (Lipinski definition) is 1. The minimum absolute atomic E-state index is 0.0264. The van der Waals surface area contributed by atoms with Crippen molar-refractivity contribution in [2.45, 2.75) is 25.9 Å². The lowest BCUT2D eigenvalue weighted by Gasteiger charge is -2.35. The maximum atomic E-state index is 13.7. The summed E-state index contributed by atoms with van der Waals surface area (Å²) in [5.41, 5.74) is 3.34. The number of likely N-dealkylation sites (tertiary alicyclic amines) is 1. The van der Waals surface area contributed by atoms with Gasteiger partial charge in [-0.25, -0.2) is 4.39 Å². The molecule has 2 aromatic carbocycles. The molecule has 1 N–H and O–H groups in total. The second kappa shape index (κ2) is 7.76. The zero-order valence-electron chi connectivity index (χ0n) is 16.2. The molecule has 4 rings (SSSR count). The maximum absolute atomic E-state index is 13.7. The van der Waals surface area contributed by atoms with Crippen molar-refractivity contribution >= 4 is 16.8 Å². The Labute approximate surface area is 164 Å². The van der Waals surface area contributed by atoms with Crippen LogP contribution in [0, 0.1) is 18.7 Å². The van der Waals surface area contributed by atoms with E-state index in [1.807, 2.05) is 30.0 Å². The number of aromatic amines is 1. The first-order valence-electron chi connectivity index (χ1n) is 9.73. The van der Waals surface area contributed by atoms with Gasteiger partial charge in [-0.1, -0.05) is 30.3 Å². The van der Waals surface area contributed by atoms with Crippen molar-refractivity contribution in [2.75, 3.05) is 20.2 Å². The molecule has 1 atom stereocenters. The molecular weight excluding hydrogens is 355 g/mol. The van der Waals surface area contributed by atoms with Crippen LogP contribution in [-0.4, -0.2) is 36.0 Å². The minimum Gasteiger partial charge on any atom is -0.376 e. The summed E-state index contributed by atoms with van der Waals surface area (Å²) < 4.78 is 19.5. The summed E-state index contributed by atoms with van der Waals surface area (Å²) in [6.07, 6.45) is 1.81. The molecule has 146 valence electrons. The van der Waals surface area contributed by atoms with E-state index < -0.39 is 0 Å². The Hall–Kier alpha value is -2.66. The molecule has 0 saturated carbocycles. The number of carbonyl (C=O) groups excluding carboxylic acids is 1. The number of amides is 1. The van der Waals surface area contributed by atoms with Gasteiger partial charge in [0.1, 0.15) is 5.82 Å². The van der Waals surface area contributed by atoms with Gasteiger partial charge in [-0.15, -0.1) is 0 Å². The van der Waals surface area contributed by atoms with Gasteiger partial charge in [0, 0.05) is 36.8 Å². The fourth-order valence-corrected chi connectivity index (χ4v) is 4.38. The van der Waals surface area contributed by atoms with Crippen LogP contribution in [0.4, 0.5) is 4.39 Å². The van der Waals surface area contributed by atoms with Gasteiger partial charge in [0.05, 0.1) is 11.7 Å². The van der Waals surface area contributed by atoms with Crippen molar-refractivity contribution in [1.82, 2.24) is 9.88 Å². The van der Waals surface area contributed by atoms with Crippen LogP contribution in [0.3, 0.4) is 0 Å². The van der Waals surface area contributed by atoms with Crippen molar-refractivity contribution in [3.05, 3.63) is 71.2 Å². The van der Waals surface area contributed by atoms with Gasteiger partial charge in [0.25, 0.3) is 5.91 Å². The second-order valence-electron chi connectivity index (χ2n) is 7.51. The normalized spacial score (nSPS) is 16.5. The Balaban J connectivity index is 1.50. The topological polar surface area (TPSA) is 45.3 Å². The van der Waals surface area contributed by atoms with Gasteiger partial charge in [-0.3, -0.25) is 4.79 Å². The van der Waals surface area contributed by atoms with Crippen molar-refractivity contribution in [3.8, 4) is 0 Å². The predicted molar refractivity (Wildman–Crippen MR) is 108 cm³/mol. The van der Waals surface area contributed by atoms with Crippen LogP contribution in [-0.2, 0) is 4.74 Å². The van der Waals surface area contributed by atoms with Crippen LogP contribution in [0.5, 0.6) is 0 Å². The number of aromatic nitrogens is 1. The van der Waals surface area contributed by atoms with E-state index in [1.165, 1.54) is 17.7 Å². The number of aryl methyl sites for hydroxylation is 1. The molecule has 1 unspecified atom stereocenters. The van der Waals surface area contributed by atoms with Crippen molar-refractivity contribution < 1.29 is 13.9 Å². The summed E-state index contributed by atoms with van der Waals surface area (Å²) in [7, 11) is 1.75. The molecule has 1 saturated heterocycles. The number of methoxy groups -OCH3 is 1. The standard InChI is InChI=1S/C23H25FN2O2/c1-15-21(19-14-18(24)8-9-20(19)25-15)23(27)26-12-10-17(11-13-26)22(28-2)16-6-4-3-5-7-16/h3-9,14,17,22,25H,10-13H2,1-2H3. The first-order chi connectivity index (χ1) is 13.6. The largest absolute Gasteiger partial charge is 0.376 e. The summed E-state index contributed by atoms with van der Waals surface area (Å²) in [4.78, 5) is 18.3. The van der Waals surface area contributed by atoms with E-state index >= 15 is 0 Å². The maximum Gasteiger partial charge on any atom is 0.256 e. The number of halogens is 1. The molecule has 5 heteroatoms. The van der Waals surface area contributed by atoms with Gasteiger partial charge in [-0.2, -0.15) is 0 Å². The van der Waals surface area contributed by atoms with E-state index in [0.717, 1.165) is 24.1 Å². The smallest absolute Gasteiger partial charge is 0.256 e. The summed E-state index contributed by atoms with van der Waals surface area (Å²) in [5, 5.41) is 0.656. The molecule has 0 radical (unpaired) electrons. The fraction of sp³-hybridized carbons (Fsp3) is 0.348. The summed E-state index contributed by atoms with van der Waals surface area (Å²) in [5.74, 6) is 0.0180. The van der Waals surface area contributed by atoms with E-state index in [-0.39, 0.29) is 17.8 Å². The molecule has 2 heterocycles. The average molecular weight is 380 g/mol. The van der Waals surface area contributed by atoms with Gasteiger partial charge in [0.15, 0.2) is 0 Å². The number of carbonyl (C=O) groups is 1. The van der Waals surface area contributed by atoms with Crippen LogP contribution >= 0.6 is 0 Å². The van der Waals surface area contributed by atoms with Crippen LogP contribution in [0.25, 0.3) is 10.9 Å². The van der Waals surface area contributed by atoms with Crippen molar-refractivity contribution in [3.63, 3.8) is 0 Å². The van der Waals surface area contributed by atoms with E-state index in [9.17, 15) is 9.18 Å².